The first kappa shape index (κ1) is 14.4. The van der Waals surface area contributed by atoms with E-state index in [1.807, 2.05) is 6.92 Å². The van der Waals surface area contributed by atoms with Gasteiger partial charge in [0.1, 0.15) is 17.6 Å². The summed E-state index contributed by atoms with van der Waals surface area (Å²) in [5, 5.41) is 22.0. The van der Waals surface area contributed by atoms with E-state index in [9.17, 15) is 9.50 Å². The van der Waals surface area contributed by atoms with Crippen LogP contribution in [0.25, 0.3) is 0 Å². The molecule has 5 heteroatoms. The van der Waals surface area contributed by atoms with E-state index in [-0.39, 0.29) is 11.8 Å². The van der Waals surface area contributed by atoms with Crippen LogP contribution in [0.1, 0.15) is 24.1 Å². The molecule has 0 heterocycles. The van der Waals surface area contributed by atoms with Crippen molar-refractivity contribution in [3.63, 3.8) is 0 Å². The number of benzene rings is 2. The number of nitriles is 1. The molecule has 1 atom stereocenters. The number of hydrogen-bond acceptors (Lipinski definition) is 3. The Labute approximate surface area is 124 Å². The van der Waals surface area contributed by atoms with Gasteiger partial charge < -0.3 is 10.4 Å². The molecule has 3 nitrogen and oxygen atoms in total. The predicted octanol–water partition coefficient (Wildman–Crippen LogP) is 4.34. The van der Waals surface area contributed by atoms with Crippen molar-refractivity contribution in [3.05, 3.63) is 57.8 Å². The maximum Gasteiger partial charge on any atom is 0.126 e. The second-order valence-corrected chi connectivity index (χ2v) is 5.29. The molecule has 1 unspecified atom stereocenters. The topological polar surface area (TPSA) is 56.0 Å². The lowest BCUT2D eigenvalue weighted by Gasteiger charge is -2.18. The smallest absolute Gasteiger partial charge is 0.126 e. The van der Waals surface area contributed by atoms with Crippen LogP contribution in [0.15, 0.2) is 40.9 Å². The first-order chi connectivity index (χ1) is 9.51. The van der Waals surface area contributed by atoms with Crippen LogP contribution in [0.2, 0.25) is 0 Å². The fourth-order valence-corrected chi connectivity index (χ4v) is 2.29. The minimum absolute atomic E-state index is 0.112. The zero-order valence-corrected chi connectivity index (χ0v) is 12.3. The molecule has 0 spiro atoms. The zero-order valence-electron chi connectivity index (χ0n) is 10.7. The molecule has 0 fully saturated rings. The Hall–Kier alpha value is -2.06. The van der Waals surface area contributed by atoms with E-state index in [1.54, 1.807) is 18.2 Å². The number of halogens is 2. The molecule has 0 aromatic heterocycles. The molecule has 0 radical (unpaired) electrons. The lowest BCUT2D eigenvalue weighted by atomic mass is 10.1. The van der Waals surface area contributed by atoms with Crippen LogP contribution in [-0.2, 0) is 0 Å². The normalized spacial score (nSPS) is 11.7. The fourth-order valence-electron chi connectivity index (χ4n) is 1.93. The Balaban J connectivity index is 2.30. The van der Waals surface area contributed by atoms with E-state index >= 15 is 0 Å². The van der Waals surface area contributed by atoms with Crippen molar-refractivity contribution in [2.45, 2.75) is 13.0 Å². The van der Waals surface area contributed by atoms with Crippen molar-refractivity contribution in [3.8, 4) is 11.8 Å². The molecule has 102 valence electrons. The number of hydrogen-bond donors (Lipinski definition) is 2. The highest BCUT2D eigenvalue weighted by Crippen LogP contribution is 2.29. The van der Waals surface area contributed by atoms with Gasteiger partial charge in [0.25, 0.3) is 0 Å². The third-order valence-corrected chi connectivity index (χ3v) is 3.43. The van der Waals surface area contributed by atoms with Crippen molar-refractivity contribution in [1.29, 1.82) is 5.26 Å². The molecule has 0 aliphatic carbocycles. The highest BCUT2D eigenvalue weighted by atomic mass is 79.9. The van der Waals surface area contributed by atoms with Crippen LogP contribution >= 0.6 is 15.9 Å². The predicted molar refractivity (Wildman–Crippen MR) is 79.0 cm³/mol. The van der Waals surface area contributed by atoms with Gasteiger partial charge in [-0.1, -0.05) is 22.0 Å². The number of phenolic OH excluding ortho intramolecular Hbond substituents is 1. The molecule has 0 aliphatic heterocycles. The average Bonchev–Trinajstić information content (AvgIpc) is 2.38. The molecule has 2 aromatic rings. The van der Waals surface area contributed by atoms with E-state index in [4.69, 9.17) is 5.26 Å². The van der Waals surface area contributed by atoms with Gasteiger partial charge >= 0.3 is 0 Å². The minimum atomic E-state index is -0.487. The lowest BCUT2D eigenvalue weighted by Crippen LogP contribution is -2.08. The summed E-state index contributed by atoms with van der Waals surface area (Å²) in [5.41, 5.74) is 1.72. The van der Waals surface area contributed by atoms with Crippen LogP contribution in [0, 0.1) is 17.1 Å². The van der Waals surface area contributed by atoms with Crippen LogP contribution in [0.4, 0.5) is 10.1 Å². The Morgan fingerprint density at radius 3 is 2.70 bits per heavy atom. The quantitative estimate of drug-likeness (QED) is 0.877. The van der Waals surface area contributed by atoms with Crippen LogP contribution in [0.5, 0.6) is 5.75 Å². The van der Waals surface area contributed by atoms with E-state index in [1.165, 1.54) is 12.1 Å². The van der Waals surface area contributed by atoms with E-state index in [0.717, 1.165) is 10.5 Å². The molecular weight excluding hydrogens is 323 g/mol. The molecule has 0 bridgehead atoms. The van der Waals surface area contributed by atoms with Crippen molar-refractivity contribution < 1.29 is 9.50 Å². The lowest BCUT2D eigenvalue weighted by molar-refractivity contribution is 0.459. The van der Waals surface area contributed by atoms with E-state index < -0.39 is 5.82 Å². The summed E-state index contributed by atoms with van der Waals surface area (Å²) >= 11 is 3.35. The van der Waals surface area contributed by atoms with Crippen molar-refractivity contribution in [1.82, 2.24) is 0 Å². The molecule has 0 amide bonds. The molecule has 20 heavy (non-hydrogen) atoms. The fraction of sp³-hybridized carbons (Fsp3) is 0.133. The van der Waals surface area contributed by atoms with Crippen molar-refractivity contribution in [2.75, 3.05) is 5.32 Å². The standard InChI is InChI=1S/C15H12BrFN2O/c1-9(13-5-4-12(17)7-15(13)20)19-14-6-11(16)3-2-10(14)8-18/h2-7,9,19-20H,1H3. The molecular formula is C15H12BrFN2O. The van der Waals surface area contributed by atoms with Crippen molar-refractivity contribution >= 4 is 21.6 Å². The molecule has 2 aromatic carbocycles. The van der Waals surface area contributed by atoms with E-state index in [2.05, 4.69) is 27.3 Å². The van der Waals surface area contributed by atoms with Gasteiger partial charge in [0.15, 0.2) is 0 Å². The first-order valence-electron chi connectivity index (χ1n) is 5.96. The van der Waals surface area contributed by atoms with Gasteiger partial charge in [0.2, 0.25) is 0 Å². The van der Waals surface area contributed by atoms with Gasteiger partial charge in [-0.25, -0.2) is 4.39 Å². The summed E-state index contributed by atoms with van der Waals surface area (Å²) in [6.07, 6.45) is 0. The van der Waals surface area contributed by atoms with Crippen molar-refractivity contribution in [2.24, 2.45) is 0 Å². The molecule has 2 rings (SSSR count). The molecule has 0 aliphatic rings. The summed E-state index contributed by atoms with van der Waals surface area (Å²) in [6.45, 7) is 1.83. The van der Waals surface area contributed by atoms with Gasteiger partial charge in [0.05, 0.1) is 17.3 Å². The number of nitrogens with one attached hydrogen (secondary N) is 1. The number of anilines is 1. The Kier molecular flexibility index (Phi) is 4.26. The maximum absolute atomic E-state index is 13.0. The summed E-state index contributed by atoms with van der Waals surface area (Å²) in [6, 6.07) is 11.0. The van der Waals surface area contributed by atoms with Gasteiger partial charge in [-0.3, -0.25) is 0 Å². The summed E-state index contributed by atoms with van der Waals surface area (Å²) < 4.78 is 13.8. The summed E-state index contributed by atoms with van der Waals surface area (Å²) in [7, 11) is 0. The number of nitrogens with zero attached hydrogens (tertiary/aromatic N) is 1. The van der Waals surface area contributed by atoms with E-state index in [0.29, 0.717) is 16.8 Å². The summed E-state index contributed by atoms with van der Waals surface area (Å²) in [4.78, 5) is 0. The highest BCUT2D eigenvalue weighted by Gasteiger charge is 2.13. The second kappa shape index (κ2) is 5.93. The maximum atomic E-state index is 13.0. The van der Waals surface area contributed by atoms with Crippen LogP contribution in [-0.4, -0.2) is 5.11 Å². The Morgan fingerprint density at radius 1 is 1.30 bits per heavy atom. The highest BCUT2D eigenvalue weighted by molar-refractivity contribution is 9.10. The zero-order chi connectivity index (χ0) is 14.7. The van der Waals surface area contributed by atoms with Gasteiger partial charge in [-0.15, -0.1) is 0 Å². The third kappa shape index (κ3) is 3.09. The average molecular weight is 335 g/mol. The van der Waals surface area contributed by atoms with Crippen LogP contribution < -0.4 is 5.32 Å². The van der Waals surface area contributed by atoms with Gasteiger partial charge in [-0.05, 0) is 31.2 Å². The largest absolute Gasteiger partial charge is 0.507 e. The Bertz CT molecular complexity index is 682. The van der Waals surface area contributed by atoms with Gasteiger partial charge in [-0.2, -0.15) is 5.26 Å². The number of aromatic hydroxyl groups is 1. The first-order valence-corrected chi connectivity index (χ1v) is 6.75. The number of rotatable bonds is 3. The number of phenols is 1. The molecule has 0 saturated carbocycles. The molecule has 2 N–H and O–H groups in total. The monoisotopic (exact) mass is 334 g/mol. The van der Waals surface area contributed by atoms with Crippen LogP contribution in [0.3, 0.4) is 0 Å². The third-order valence-electron chi connectivity index (χ3n) is 2.93. The summed E-state index contributed by atoms with van der Waals surface area (Å²) in [5.74, 6) is -0.600. The second-order valence-electron chi connectivity index (χ2n) is 4.37. The van der Waals surface area contributed by atoms with Gasteiger partial charge in [0, 0.05) is 16.1 Å². The molecule has 0 saturated heterocycles. The SMILES string of the molecule is CC(Nc1cc(Br)ccc1C#N)c1ccc(F)cc1O. The Morgan fingerprint density at radius 2 is 2.05 bits per heavy atom. The minimum Gasteiger partial charge on any atom is -0.507 e.